The van der Waals surface area contributed by atoms with Crippen molar-refractivity contribution in [3.05, 3.63) is 52.3 Å². The summed E-state index contributed by atoms with van der Waals surface area (Å²) in [6.45, 7) is 1.87. The van der Waals surface area contributed by atoms with Gasteiger partial charge in [-0.15, -0.1) is 0 Å². The van der Waals surface area contributed by atoms with E-state index in [0.29, 0.717) is 29.6 Å². The minimum Gasteiger partial charge on any atom is -0.384 e. The molecule has 1 saturated heterocycles. The molecule has 1 aromatic carbocycles. The van der Waals surface area contributed by atoms with Crippen LogP contribution in [0.1, 0.15) is 23.5 Å². The first kappa shape index (κ1) is 20.1. The van der Waals surface area contributed by atoms with Crippen molar-refractivity contribution in [2.24, 2.45) is 5.92 Å². The molecule has 3 atom stereocenters. The number of aromatic nitrogens is 4. The zero-order valence-corrected chi connectivity index (χ0v) is 19.6. The number of nitrogens with one attached hydrogen (secondary N) is 1. The van der Waals surface area contributed by atoms with Crippen LogP contribution >= 0.6 is 15.9 Å². The first-order valence-electron chi connectivity index (χ1n) is 10.9. The fourth-order valence-corrected chi connectivity index (χ4v) is 6.02. The van der Waals surface area contributed by atoms with E-state index < -0.39 is 0 Å². The molecule has 0 bridgehead atoms. The van der Waals surface area contributed by atoms with Crippen molar-refractivity contribution in [3.63, 3.8) is 0 Å². The Kier molecular flexibility index (Phi) is 4.89. The number of hydrogen-bond acceptors (Lipinski definition) is 6. The Labute approximate surface area is 194 Å². The molecule has 164 valence electrons. The summed E-state index contributed by atoms with van der Waals surface area (Å²) in [5, 5.41) is 5.54. The number of piperidine rings is 1. The maximum atomic E-state index is 5.73. The molecule has 4 heterocycles. The standard InChI is InChI=1S/C24H24BrN5O2/c1-30-11-13(12-31-2)6-17-16-4-3-5-19-21(16)18(8-20(17)30)22(27-19)24-28-23(29-32-24)14-7-15(25)10-26-9-14/h3-5,7,9-10,13,17,20,27H,6,8,11-12H2,1-2H3/t13-,17?,20-/m1/s1. The van der Waals surface area contributed by atoms with Crippen LogP contribution in [0.4, 0.5) is 0 Å². The van der Waals surface area contributed by atoms with Gasteiger partial charge in [0.2, 0.25) is 5.82 Å². The molecule has 1 unspecified atom stereocenters. The lowest BCUT2D eigenvalue weighted by molar-refractivity contribution is 0.0587. The average molecular weight is 494 g/mol. The van der Waals surface area contributed by atoms with E-state index in [1.165, 1.54) is 16.5 Å². The fourth-order valence-electron chi connectivity index (χ4n) is 5.66. The molecule has 0 radical (unpaired) electrons. The number of ether oxygens (including phenoxy) is 1. The van der Waals surface area contributed by atoms with Gasteiger partial charge in [0.05, 0.1) is 6.61 Å². The molecule has 1 N–H and O–H groups in total. The Hall–Kier alpha value is -2.55. The third-order valence-corrected chi connectivity index (χ3v) is 7.38. The summed E-state index contributed by atoms with van der Waals surface area (Å²) in [4.78, 5) is 15.0. The number of likely N-dealkylation sites (N-methyl/N-ethyl adjacent to an activating group) is 1. The van der Waals surface area contributed by atoms with Crippen LogP contribution in [-0.2, 0) is 11.2 Å². The van der Waals surface area contributed by atoms with Gasteiger partial charge < -0.3 is 19.1 Å². The monoisotopic (exact) mass is 493 g/mol. The lowest BCUT2D eigenvalue weighted by Gasteiger charge is -2.45. The van der Waals surface area contributed by atoms with Gasteiger partial charge in [0, 0.05) is 58.9 Å². The molecule has 8 heteroatoms. The molecule has 6 rings (SSSR count). The van der Waals surface area contributed by atoms with Crippen molar-refractivity contribution < 1.29 is 9.26 Å². The Morgan fingerprint density at radius 2 is 2.22 bits per heavy atom. The van der Waals surface area contributed by atoms with Crippen LogP contribution in [0.15, 0.2) is 45.7 Å². The molecule has 0 spiro atoms. The van der Waals surface area contributed by atoms with Crippen molar-refractivity contribution in [1.82, 2.24) is 25.0 Å². The van der Waals surface area contributed by atoms with Gasteiger partial charge in [-0.05, 0) is 65.0 Å². The predicted octanol–water partition coefficient (Wildman–Crippen LogP) is 4.65. The molecule has 2 aliphatic rings. The van der Waals surface area contributed by atoms with Crippen LogP contribution in [0.3, 0.4) is 0 Å². The second-order valence-electron chi connectivity index (χ2n) is 8.94. The molecule has 4 aromatic rings. The van der Waals surface area contributed by atoms with E-state index in [9.17, 15) is 0 Å². The summed E-state index contributed by atoms with van der Waals surface area (Å²) in [5.74, 6) is 2.11. The zero-order chi connectivity index (χ0) is 21.8. The molecular weight excluding hydrogens is 470 g/mol. The largest absolute Gasteiger partial charge is 0.384 e. The number of nitrogens with zero attached hydrogens (tertiary/aromatic N) is 4. The molecule has 0 amide bonds. The van der Waals surface area contributed by atoms with Crippen LogP contribution in [-0.4, -0.2) is 58.4 Å². The molecule has 1 aliphatic heterocycles. The number of fused-ring (bicyclic) bond motifs is 2. The zero-order valence-electron chi connectivity index (χ0n) is 18.0. The van der Waals surface area contributed by atoms with Crippen molar-refractivity contribution in [2.45, 2.75) is 24.8 Å². The first-order chi connectivity index (χ1) is 15.6. The van der Waals surface area contributed by atoms with Crippen LogP contribution in [0.25, 0.3) is 33.9 Å². The second kappa shape index (κ2) is 7.79. The molecular formula is C24H24BrN5O2. The SMILES string of the molecule is COC[C@@H]1CC2c3cccc4[nH]c(-c5nc(-c6cncc(Br)c6)no5)c(c34)C[C@H]2N(C)C1. The maximum Gasteiger partial charge on any atom is 0.274 e. The number of aromatic amines is 1. The van der Waals surface area contributed by atoms with Gasteiger partial charge in [0.15, 0.2) is 0 Å². The van der Waals surface area contributed by atoms with E-state index in [1.807, 2.05) is 6.07 Å². The van der Waals surface area contributed by atoms with Crippen molar-refractivity contribution >= 4 is 26.8 Å². The lowest BCUT2D eigenvalue weighted by Crippen LogP contribution is -2.48. The van der Waals surface area contributed by atoms with Crippen molar-refractivity contribution in [2.75, 3.05) is 27.3 Å². The van der Waals surface area contributed by atoms with E-state index in [2.05, 4.69) is 61.2 Å². The number of methoxy groups -OCH3 is 1. The minimum atomic E-state index is 0.451. The fraction of sp³-hybridized carbons (Fsp3) is 0.375. The Morgan fingerprint density at radius 1 is 1.31 bits per heavy atom. The normalized spacial score (nSPS) is 22.9. The van der Waals surface area contributed by atoms with E-state index in [-0.39, 0.29) is 0 Å². The highest BCUT2D eigenvalue weighted by molar-refractivity contribution is 9.10. The van der Waals surface area contributed by atoms with Crippen molar-refractivity contribution in [1.29, 1.82) is 0 Å². The maximum absolute atomic E-state index is 5.73. The number of hydrogen-bond donors (Lipinski definition) is 1. The quantitative estimate of drug-likeness (QED) is 0.445. The van der Waals surface area contributed by atoms with Crippen LogP contribution < -0.4 is 0 Å². The van der Waals surface area contributed by atoms with Crippen molar-refractivity contribution in [3.8, 4) is 23.0 Å². The number of pyridine rings is 1. The number of H-pyrrole nitrogens is 1. The Balaban J connectivity index is 1.44. The second-order valence-corrected chi connectivity index (χ2v) is 9.85. The van der Waals surface area contributed by atoms with E-state index in [0.717, 1.165) is 47.2 Å². The summed E-state index contributed by atoms with van der Waals surface area (Å²) in [7, 11) is 4.04. The highest BCUT2D eigenvalue weighted by atomic mass is 79.9. The summed E-state index contributed by atoms with van der Waals surface area (Å²) >= 11 is 3.46. The summed E-state index contributed by atoms with van der Waals surface area (Å²) in [6, 6.07) is 8.97. The van der Waals surface area contributed by atoms with Gasteiger partial charge in [-0.25, -0.2) is 0 Å². The van der Waals surface area contributed by atoms with Crippen LogP contribution in [0.5, 0.6) is 0 Å². The number of halogens is 1. The molecule has 0 saturated carbocycles. The topological polar surface area (TPSA) is 80.1 Å². The summed E-state index contributed by atoms with van der Waals surface area (Å²) < 4.78 is 12.1. The Morgan fingerprint density at radius 3 is 3.06 bits per heavy atom. The summed E-state index contributed by atoms with van der Waals surface area (Å²) in [5.41, 5.74) is 5.57. The highest BCUT2D eigenvalue weighted by Gasteiger charge is 2.40. The third-order valence-electron chi connectivity index (χ3n) is 6.94. The first-order valence-corrected chi connectivity index (χ1v) is 11.7. The van der Waals surface area contributed by atoms with Gasteiger partial charge >= 0.3 is 0 Å². The number of benzene rings is 1. The highest BCUT2D eigenvalue weighted by Crippen LogP contribution is 2.47. The van der Waals surface area contributed by atoms with Crippen LogP contribution in [0.2, 0.25) is 0 Å². The minimum absolute atomic E-state index is 0.451. The van der Waals surface area contributed by atoms with Gasteiger partial charge in [-0.1, -0.05) is 17.3 Å². The predicted molar refractivity (Wildman–Crippen MR) is 125 cm³/mol. The Bertz CT molecular complexity index is 1300. The molecule has 1 aliphatic carbocycles. The molecule has 32 heavy (non-hydrogen) atoms. The average Bonchev–Trinajstić information content (AvgIpc) is 3.41. The van der Waals surface area contributed by atoms with Gasteiger partial charge in [0.25, 0.3) is 5.89 Å². The smallest absolute Gasteiger partial charge is 0.274 e. The number of rotatable bonds is 4. The van der Waals surface area contributed by atoms with E-state index >= 15 is 0 Å². The van der Waals surface area contributed by atoms with Gasteiger partial charge in [-0.3, -0.25) is 4.98 Å². The summed E-state index contributed by atoms with van der Waals surface area (Å²) in [6.07, 6.45) is 5.60. The lowest BCUT2D eigenvalue weighted by atomic mass is 9.72. The molecule has 1 fully saturated rings. The van der Waals surface area contributed by atoms with Gasteiger partial charge in [0.1, 0.15) is 5.69 Å². The van der Waals surface area contributed by atoms with Crippen LogP contribution in [0, 0.1) is 5.92 Å². The molecule has 7 nitrogen and oxygen atoms in total. The van der Waals surface area contributed by atoms with E-state index in [1.54, 1.807) is 19.5 Å². The number of likely N-dealkylation sites (tertiary alicyclic amines) is 1. The van der Waals surface area contributed by atoms with E-state index in [4.69, 9.17) is 14.2 Å². The third kappa shape index (κ3) is 3.20. The molecule has 3 aromatic heterocycles. The van der Waals surface area contributed by atoms with Gasteiger partial charge in [-0.2, -0.15) is 4.98 Å².